The predicted octanol–water partition coefficient (Wildman–Crippen LogP) is 3.92. The molecule has 16 heavy (non-hydrogen) atoms. The van der Waals surface area contributed by atoms with Crippen molar-refractivity contribution < 1.29 is 4.74 Å². The molecule has 0 aliphatic carbocycles. The van der Waals surface area contributed by atoms with Crippen molar-refractivity contribution in [2.24, 2.45) is 0 Å². The molecule has 0 saturated carbocycles. The van der Waals surface area contributed by atoms with E-state index < -0.39 is 0 Å². The van der Waals surface area contributed by atoms with Gasteiger partial charge in [0, 0.05) is 5.02 Å². The molecule has 0 aliphatic rings. The van der Waals surface area contributed by atoms with E-state index >= 15 is 0 Å². The summed E-state index contributed by atoms with van der Waals surface area (Å²) < 4.78 is 5.66. The summed E-state index contributed by atoms with van der Waals surface area (Å²) in [6.07, 6.45) is 2.41. The van der Waals surface area contributed by atoms with Crippen LogP contribution in [0.1, 0.15) is 37.8 Å². The smallest absolute Gasteiger partial charge is 0.0992 e. The molecular weight excluding hydrogens is 222 g/mol. The standard InChI is InChI=1S/C13H16ClNO/c1-3-4-10(2)16-9-12-6-5-11(8-15)7-13(12)14/h5-7,10H,3-4,9H2,1-2H3. The first-order valence-corrected chi connectivity index (χ1v) is 5.85. The van der Waals surface area contributed by atoms with Gasteiger partial charge in [-0.05, 0) is 31.0 Å². The highest BCUT2D eigenvalue weighted by Crippen LogP contribution is 2.19. The SMILES string of the molecule is CCCC(C)OCc1ccc(C#N)cc1Cl. The van der Waals surface area contributed by atoms with E-state index in [-0.39, 0.29) is 6.10 Å². The fraction of sp³-hybridized carbons (Fsp3) is 0.462. The van der Waals surface area contributed by atoms with Gasteiger partial charge in [-0.1, -0.05) is 31.0 Å². The van der Waals surface area contributed by atoms with Crippen molar-refractivity contribution in [1.29, 1.82) is 5.26 Å². The van der Waals surface area contributed by atoms with Crippen molar-refractivity contribution in [2.45, 2.75) is 39.4 Å². The van der Waals surface area contributed by atoms with Crippen molar-refractivity contribution in [3.63, 3.8) is 0 Å². The highest BCUT2D eigenvalue weighted by atomic mass is 35.5. The van der Waals surface area contributed by atoms with Crippen LogP contribution in [0.3, 0.4) is 0 Å². The zero-order valence-corrected chi connectivity index (χ0v) is 10.4. The Bertz CT molecular complexity index is 384. The lowest BCUT2D eigenvalue weighted by molar-refractivity contribution is 0.0472. The van der Waals surface area contributed by atoms with Gasteiger partial charge in [0.15, 0.2) is 0 Å². The molecule has 0 saturated heterocycles. The predicted molar refractivity (Wildman–Crippen MR) is 65.3 cm³/mol. The van der Waals surface area contributed by atoms with E-state index in [2.05, 4.69) is 19.9 Å². The first-order chi connectivity index (χ1) is 7.67. The highest BCUT2D eigenvalue weighted by molar-refractivity contribution is 6.31. The molecule has 1 rings (SSSR count). The van der Waals surface area contributed by atoms with Gasteiger partial charge in [-0.2, -0.15) is 5.26 Å². The molecule has 1 aromatic carbocycles. The monoisotopic (exact) mass is 237 g/mol. The fourth-order valence-corrected chi connectivity index (χ4v) is 1.69. The minimum absolute atomic E-state index is 0.247. The van der Waals surface area contributed by atoms with Gasteiger partial charge in [0.1, 0.15) is 0 Å². The maximum Gasteiger partial charge on any atom is 0.0992 e. The average Bonchev–Trinajstić information content (AvgIpc) is 2.27. The summed E-state index contributed by atoms with van der Waals surface area (Å²) in [6, 6.07) is 7.33. The summed E-state index contributed by atoms with van der Waals surface area (Å²) >= 11 is 6.04. The third kappa shape index (κ3) is 3.84. The summed E-state index contributed by atoms with van der Waals surface area (Å²) in [6.45, 7) is 4.70. The number of hydrogen-bond acceptors (Lipinski definition) is 2. The first kappa shape index (κ1) is 13.0. The van der Waals surface area contributed by atoms with E-state index in [9.17, 15) is 0 Å². The van der Waals surface area contributed by atoms with Crippen LogP contribution >= 0.6 is 11.6 Å². The van der Waals surface area contributed by atoms with Crippen molar-refractivity contribution in [2.75, 3.05) is 0 Å². The molecule has 0 amide bonds. The van der Waals surface area contributed by atoms with E-state index in [1.807, 2.05) is 6.07 Å². The molecule has 1 unspecified atom stereocenters. The zero-order chi connectivity index (χ0) is 12.0. The van der Waals surface area contributed by atoms with E-state index in [1.165, 1.54) is 0 Å². The number of nitriles is 1. The summed E-state index contributed by atoms with van der Waals surface area (Å²) in [7, 11) is 0. The van der Waals surface area contributed by atoms with Gasteiger partial charge in [0.05, 0.1) is 24.3 Å². The Hall–Kier alpha value is -1.04. The third-order valence-electron chi connectivity index (χ3n) is 2.40. The van der Waals surface area contributed by atoms with E-state index in [0.717, 1.165) is 18.4 Å². The van der Waals surface area contributed by atoms with Crippen LogP contribution in [0.25, 0.3) is 0 Å². The van der Waals surface area contributed by atoms with Crippen LogP contribution in [0.15, 0.2) is 18.2 Å². The quantitative estimate of drug-likeness (QED) is 0.778. The van der Waals surface area contributed by atoms with E-state index in [1.54, 1.807) is 12.1 Å². The molecule has 0 N–H and O–H groups in total. The number of ether oxygens (including phenoxy) is 1. The molecule has 0 radical (unpaired) electrons. The van der Waals surface area contributed by atoms with Crippen LogP contribution in [0, 0.1) is 11.3 Å². The minimum Gasteiger partial charge on any atom is -0.374 e. The van der Waals surface area contributed by atoms with Gasteiger partial charge in [0.25, 0.3) is 0 Å². The van der Waals surface area contributed by atoms with Crippen LogP contribution in [-0.4, -0.2) is 6.10 Å². The summed E-state index contributed by atoms with van der Waals surface area (Å²) in [5.74, 6) is 0. The minimum atomic E-state index is 0.247. The molecular formula is C13H16ClNO. The van der Waals surface area contributed by atoms with Crippen molar-refractivity contribution in [3.8, 4) is 6.07 Å². The molecule has 0 spiro atoms. The van der Waals surface area contributed by atoms with Gasteiger partial charge < -0.3 is 4.74 Å². The van der Waals surface area contributed by atoms with Crippen LogP contribution in [0.2, 0.25) is 5.02 Å². The summed E-state index contributed by atoms with van der Waals surface area (Å²) in [5, 5.41) is 9.30. The Morgan fingerprint density at radius 1 is 1.50 bits per heavy atom. The van der Waals surface area contributed by atoms with E-state index in [4.69, 9.17) is 21.6 Å². The van der Waals surface area contributed by atoms with Gasteiger partial charge in [-0.15, -0.1) is 0 Å². The number of nitrogens with zero attached hydrogens (tertiary/aromatic N) is 1. The second-order valence-corrected chi connectivity index (χ2v) is 4.24. The first-order valence-electron chi connectivity index (χ1n) is 5.47. The van der Waals surface area contributed by atoms with Crippen LogP contribution in [0.4, 0.5) is 0 Å². The normalized spacial score (nSPS) is 12.1. The Kier molecular flexibility index (Phi) is 5.31. The highest BCUT2D eigenvalue weighted by Gasteiger charge is 2.05. The van der Waals surface area contributed by atoms with Crippen molar-refractivity contribution >= 4 is 11.6 Å². The summed E-state index contributed by atoms with van der Waals surface area (Å²) in [5.41, 5.74) is 1.51. The van der Waals surface area contributed by atoms with E-state index in [0.29, 0.717) is 17.2 Å². The van der Waals surface area contributed by atoms with Crippen LogP contribution < -0.4 is 0 Å². The average molecular weight is 238 g/mol. The second-order valence-electron chi connectivity index (χ2n) is 3.83. The molecule has 2 nitrogen and oxygen atoms in total. The zero-order valence-electron chi connectivity index (χ0n) is 9.66. The number of hydrogen-bond donors (Lipinski definition) is 0. The Morgan fingerprint density at radius 2 is 2.25 bits per heavy atom. The van der Waals surface area contributed by atoms with Gasteiger partial charge in [-0.3, -0.25) is 0 Å². The van der Waals surface area contributed by atoms with Gasteiger partial charge in [0.2, 0.25) is 0 Å². The molecule has 0 aromatic heterocycles. The Labute approximate surface area is 102 Å². The third-order valence-corrected chi connectivity index (χ3v) is 2.75. The van der Waals surface area contributed by atoms with Crippen molar-refractivity contribution in [3.05, 3.63) is 34.3 Å². The molecule has 1 atom stereocenters. The molecule has 0 fully saturated rings. The maximum absolute atomic E-state index is 8.70. The lowest BCUT2D eigenvalue weighted by atomic mass is 10.1. The largest absolute Gasteiger partial charge is 0.374 e. The fourth-order valence-electron chi connectivity index (χ4n) is 1.46. The molecule has 0 aliphatic heterocycles. The molecule has 0 bridgehead atoms. The lowest BCUT2D eigenvalue weighted by Crippen LogP contribution is -2.07. The van der Waals surface area contributed by atoms with Gasteiger partial charge in [-0.25, -0.2) is 0 Å². The molecule has 86 valence electrons. The number of benzene rings is 1. The molecule has 3 heteroatoms. The lowest BCUT2D eigenvalue weighted by Gasteiger charge is -2.12. The van der Waals surface area contributed by atoms with Crippen LogP contribution in [-0.2, 0) is 11.3 Å². The number of rotatable bonds is 5. The van der Waals surface area contributed by atoms with Crippen molar-refractivity contribution in [1.82, 2.24) is 0 Å². The van der Waals surface area contributed by atoms with Crippen LogP contribution in [0.5, 0.6) is 0 Å². The Balaban J connectivity index is 2.58. The summed E-state index contributed by atoms with van der Waals surface area (Å²) in [4.78, 5) is 0. The molecule has 0 heterocycles. The maximum atomic E-state index is 8.70. The second kappa shape index (κ2) is 6.52. The topological polar surface area (TPSA) is 33.0 Å². The van der Waals surface area contributed by atoms with Gasteiger partial charge >= 0.3 is 0 Å². The Morgan fingerprint density at radius 3 is 2.81 bits per heavy atom. The molecule has 1 aromatic rings. The number of halogens is 1.